The molecule has 0 aliphatic rings. The number of nitriles is 1. The average Bonchev–Trinajstić information content (AvgIpc) is 2.11. The zero-order valence-corrected chi connectivity index (χ0v) is 9.52. The maximum absolute atomic E-state index is 8.63. The summed E-state index contributed by atoms with van der Waals surface area (Å²) in [6, 6.07) is 7.79. The van der Waals surface area contributed by atoms with E-state index < -0.39 is 0 Å². The van der Waals surface area contributed by atoms with Gasteiger partial charge in [0.25, 0.3) is 0 Å². The summed E-state index contributed by atoms with van der Waals surface area (Å²) in [6.45, 7) is 1.85. The summed E-state index contributed by atoms with van der Waals surface area (Å²) in [5.74, 6) is 0. The van der Waals surface area contributed by atoms with E-state index in [9.17, 15) is 0 Å². The van der Waals surface area contributed by atoms with E-state index in [1.165, 1.54) is 11.8 Å². The van der Waals surface area contributed by atoms with E-state index >= 15 is 0 Å². The van der Waals surface area contributed by atoms with Gasteiger partial charge in [0, 0.05) is 15.1 Å². The molecule has 1 aromatic rings. The summed E-state index contributed by atoms with van der Waals surface area (Å²) in [5.41, 5.74) is 6.46. The molecular weight excluding hydrogens is 248 g/mol. The van der Waals surface area contributed by atoms with Gasteiger partial charge in [-0.1, -0.05) is 15.9 Å². The molecule has 13 heavy (non-hydrogen) atoms. The summed E-state index contributed by atoms with van der Waals surface area (Å²) in [6.07, 6.45) is 0. The van der Waals surface area contributed by atoms with Crippen LogP contribution in [0.2, 0.25) is 0 Å². The van der Waals surface area contributed by atoms with Gasteiger partial charge in [0.2, 0.25) is 0 Å². The maximum Gasteiger partial charge on any atom is 0.0936 e. The highest BCUT2D eigenvalue weighted by molar-refractivity contribution is 9.10. The lowest BCUT2D eigenvalue weighted by Gasteiger charge is -2.06. The van der Waals surface area contributed by atoms with Crippen LogP contribution >= 0.6 is 27.7 Å². The number of anilines is 1. The lowest BCUT2D eigenvalue weighted by Crippen LogP contribution is -1.93. The molecule has 0 saturated heterocycles. The van der Waals surface area contributed by atoms with Gasteiger partial charge < -0.3 is 5.73 Å². The molecule has 0 saturated carbocycles. The van der Waals surface area contributed by atoms with Gasteiger partial charge in [-0.25, -0.2) is 0 Å². The molecule has 4 heteroatoms. The Labute approximate surface area is 90.2 Å². The van der Waals surface area contributed by atoms with E-state index in [0.717, 1.165) is 15.1 Å². The number of halogens is 1. The predicted octanol–water partition coefficient (Wildman–Crippen LogP) is 3.04. The molecule has 0 aliphatic heterocycles. The van der Waals surface area contributed by atoms with Crippen molar-refractivity contribution in [2.24, 2.45) is 0 Å². The van der Waals surface area contributed by atoms with Crippen molar-refractivity contribution in [1.82, 2.24) is 0 Å². The monoisotopic (exact) mass is 256 g/mol. The first kappa shape index (κ1) is 10.4. The summed E-state index contributed by atoms with van der Waals surface area (Å²) in [4.78, 5) is 0.948. The molecule has 0 aromatic heterocycles. The molecule has 0 heterocycles. The number of hydrogen-bond donors (Lipinski definition) is 1. The Hall–Kier alpha value is -0.660. The maximum atomic E-state index is 8.63. The molecule has 0 spiro atoms. The topological polar surface area (TPSA) is 49.8 Å². The predicted molar refractivity (Wildman–Crippen MR) is 59.5 cm³/mol. The third kappa shape index (κ3) is 2.94. The van der Waals surface area contributed by atoms with Crippen molar-refractivity contribution in [1.29, 1.82) is 5.26 Å². The smallest absolute Gasteiger partial charge is 0.0936 e. The molecule has 0 aliphatic carbocycles. The van der Waals surface area contributed by atoms with Crippen LogP contribution in [0.4, 0.5) is 5.69 Å². The average molecular weight is 257 g/mol. The molecule has 0 amide bonds. The highest BCUT2D eigenvalue weighted by Crippen LogP contribution is 2.30. The van der Waals surface area contributed by atoms with E-state index in [4.69, 9.17) is 11.0 Å². The van der Waals surface area contributed by atoms with Crippen LogP contribution in [0, 0.1) is 11.3 Å². The van der Waals surface area contributed by atoms with Crippen LogP contribution < -0.4 is 5.73 Å². The van der Waals surface area contributed by atoms with E-state index in [1.807, 2.05) is 25.1 Å². The highest BCUT2D eigenvalue weighted by Gasteiger charge is 2.05. The first-order chi connectivity index (χ1) is 6.13. The van der Waals surface area contributed by atoms with Gasteiger partial charge in [0.05, 0.1) is 11.3 Å². The zero-order chi connectivity index (χ0) is 9.84. The molecule has 0 bridgehead atoms. The van der Waals surface area contributed by atoms with Crippen LogP contribution in [0.15, 0.2) is 27.6 Å². The second kappa shape index (κ2) is 4.54. The van der Waals surface area contributed by atoms with Crippen molar-refractivity contribution in [2.75, 3.05) is 5.73 Å². The molecule has 68 valence electrons. The first-order valence-electron chi connectivity index (χ1n) is 3.75. The number of nitrogens with zero attached hydrogens (tertiary/aromatic N) is 1. The Morgan fingerprint density at radius 2 is 2.31 bits per heavy atom. The highest BCUT2D eigenvalue weighted by atomic mass is 79.9. The van der Waals surface area contributed by atoms with Crippen LogP contribution in [0.5, 0.6) is 0 Å². The lowest BCUT2D eigenvalue weighted by molar-refractivity contribution is 1.23. The first-order valence-corrected chi connectivity index (χ1v) is 5.42. The van der Waals surface area contributed by atoms with E-state index in [-0.39, 0.29) is 5.25 Å². The van der Waals surface area contributed by atoms with E-state index in [2.05, 4.69) is 22.0 Å². The number of thioether (sulfide) groups is 1. The SMILES string of the molecule is CC(C#N)Sc1cc(Br)ccc1N. The van der Waals surface area contributed by atoms with Crippen molar-refractivity contribution >= 4 is 33.4 Å². The molecule has 1 atom stereocenters. The minimum Gasteiger partial charge on any atom is -0.398 e. The third-order valence-electron chi connectivity index (χ3n) is 1.46. The van der Waals surface area contributed by atoms with Crippen molar-refractivity contribution in [3.05, 3.63) is 22.7 Å². The summed E-state index contributed by atoms with van der Waals surface area (Å²) >= 11 is 4.82. The molecular formula is C9H9BrN2S. The Morgan fingerprint density at radius 3 is 2.92 bits per heavy atom. The van der Waals surface area contributed by atoms with E-state index in [1.54, 1.807) is 0 Å². The summed E-state index contributed by atoms with van der Waals surface area (Å²) in [5, 5.41) is 8.56. The van der Waals surface area contributed by atoms with Gasteiger partial charge in [-0.2, -0.15) is 5.26 Å². The summed E-state index contributed by atoms with van der Waals surface area (Å²) in [7, 11) is 0. The molecule has 1 aromatic carbocycles. The molecule has 1 unspecified atom stereocenters. The third-order valence-corrected chi connectivity index (χ3v) is 3.02. The molecule has 0 fully saturated rings. The van der Waals surface area contributed by atoms with Crippen molar-refractivity contribution < 1.29 is 0 Å². The molecule has 1 rings (SSSR count). The molecule has 2 nitrogen and oxygen atoms in total. The van der Waals surface area contributed by atoms with Crippen LogP contribution in [-0.4, -0.2) is 5.25 Å². The number of benzene rings is 1. The van der Waals surface area contributed by atoms with Gasteiger partial charge >= 0.3 is 0 Å². The van der Waals surface area contributed by atoms with Crippen molar-refractivity contribution in [3.63, 3.8) is 0 Å². The van der Waals surface area contributed by atoms with Crippen molar-refractivity contribution in [2.45, 2.75) is 17.1 Å². The molecule has 2 N–H and O–H groups in total. The Kier molecular flexibility index (Phi) is 3.64. The Morgan fingerprint density at radius 1 is 1.62 bits per heavy atom. The normalized spacial score (nSPS) is 12.1. The largest absolute Gasteiger partial charge is 0.398 e. The fourth-order valence-electron chi connectivity index (χ4n) is 0.827. The quantitative estimate of drug-likeness (QED) is 0.654. The summed E-state index contributed by atoms with van der Waals surface area (Å²) < 4.78 is 0.981. The standard InChI is InChI=1S/C9H9BrN2S/c1-6(5-11)13-9-4-7(10)2-3-8(9)12/h2-4,6H,12H2,1H3. The Balaban J connectivity index is 2.88. The van der Waals surface area contributed by atoms with Gasteiger partial charge in [0.15, 0.2) is 0 Å². The van der Waals surface area contributed by atoms with Crippen LogP contribution in [0.1, 0.15) is 6.92 Å². The zero-order valence-electron chi connectivity index (χ0n) is 7.12. The number of hydrogen-bond acceptors (Lipinski definition) is 3. The van der Waals surface area contributed by atoms with Gasteiger partial charge in [-0.05, 0) is 25.1 Å². The fraction of sp³-hybridized carbons (Fsp3) is 0.222. The minimum absolute atomic E-state index is 0.0726. The molecule has 0 radical (unpaired) electrons. The fourth-order valence-corrected chi connectivity index (χ4v) is 2.17. The van der Waals surface area contributed by atoms with E-state index in [0.29, 0.717) is 0 Å². The van der Waals surface area contributed by atoms with Gasteiger partial charge in [0.1, 0.15) is 0 Å². The van der Waals surface area contributed by atoms with Crippen LogP contribution in [-0.2, 0) is 0 Å². The van der Waals surface area contributed by atoms with Gasteiger partial charge in [-0.15, -0.1) is 11.8 Å². The lowest BCUT2D eigenvalue weighted by atomic mass is 10.3. The van der Waals surface area contributed by atoms with Gasteiger partial charge in [-0.3, -0.25) is 0 Å². The number of nitrogen functional groups attached to an aromatic ring is 1. The van der Waals surface area contributed by atoms with Crippen LogP contribution in [0.25, 0.3) is 0 Å². The van der Waals surface area contributed by atoms with Crippen molar-refractivity contribution in [3.8, 4) is 6.07 Å². The second-order valence-electron chi connectivity index (χ2n) is 2.57. The number of nitrogens with two attached hydrogens (primary N) is 1. The Bertz CT molecular complexity index is 346. The second-order valence-corrected chi connectivity index (χ2v) is 4.87. The number of rotatable bonds is 2. The minimum atomic E-state index is -0.0726. The van der Waals surface area contributed by atoms with Crippen LogP contribution in [0.3, 0.4) is 0 Å².